The number of hydrogen-bond donors (Lipinski definition) is 1. The molecule has 1 aliphatic carbocycles. The second-order valence-electron chi connectivity index (χ2n) is 9.07. The van der Waals surface area contributed by atoms with E-state index in [0.717, 1.165) is 62.1 Å². The lowest BCUT2D eigenvalue weighted by atomic mass is 9.76. The van der Waals surface area contributed by atoms with Gasteiger partial charge in [0, 0.05) is 30.8 Å². The molecule has 0 radical (unpaired) electrons. The third-order valence-corrected chi connectivity index (χ3v) is 8.07. The number of sulfonamides is 1. The van der Waals surface area contributed by atoms with Crippen molar-refractivity contribution in [2.75, 3.05) is 18.4 Å². The smallest absolute Gasteiger partial charge is 0.243 e. The van der Waals surface area contributed by atoms with E-state index < -0.39 is 10.0 Å². The summed E-state index contributed by atoms with van der Waals surface area (Å²) in [6, 6.07) is 7.07. The maximum atomic E-state index is 12.9. The molecule has 7 heteroatoms. The summed E-state index contributed by atoms with van der Waals surface area (Å²) in [5, 5.41) is 7.63. The normalized spacial score (nSPS) is 20.1. The number of nitrogens with one attached hydrogen (secondary N) is 1. The van der Waals surface area contributed by atoms with Crippen molar-refractivity contribution in [2.24, 2.45) is 5.41 Å². The van der Waals surface area contributed by atoms with E-state index in [1.807, 2.05) is 12.1 Å². The van der Waals surface area contributed by atoms with Crippen LogP contribution in [0.5, 0.6) is 0 Å². The summed E-state index contributed by atoms with van der Waals surface area (Å²) in [4.78, 5) is 0.366. The van der Waals surface area contributed by atoms with Gasteiger partial charge in [0.15, 0.2) is 0 Å². The SMILES string of the molecule is CC1(C)CCc2onc(CNc3ccc(S(=O)(=O)N4CCCCCC4)cc3)c2C1. The topological polar surface area (TPSA) is 75.4 Å². The molecule has 2 heterocycles. The predicted molar refractivity (Wildman–Crippen MR) is 113 cm³/mol. The van der Waals surface area contributed by atoms with Crippen molar-refractivity contribution in [3.05, 3.63) is 41.3 Å². The standard InChI is InChI=1S/C22H31N3O3S/c1-22(2)12-11-21-19(15-22)20(24-28-21)16-23-17-7-9-18(10-8-17)29(26,27)25-13-5-3-4-6-14-25/h7-10,23H,3-6,11-16H2,1-2H3. The van der Waals surface area contributed by atoms with Gasteiger partial charge in [-0.1, -0.05) is 31.8 Å². The van der Waals surface area contributed by atoms with Crippen molar-refractivity contribution in [3.8, 4) is 0 Å². The lowest BCUT2D eigenvalue weighted by molar-refractivity contribution is 0.282. The molecule has 0 unspecified atom stereocenters. The third kappa shape index (κ3) is 4.51. The van der Waals surface area contributed by atoms with Crippen LogP contribution in [0.15, 0.2) is 33.7 Å². The molecule has 1 N–H and O–H groups in total. The molecular weight excluding hydrogens is 386 g/mol. The fraction of sp³-hybridized carbons (Fsp3) is 0.591. The van der Waals surface area contributed by atoms with Gasteiger partial charge in [-0.2, -0.15) is 4.31 Å². The molecule has 0 amide bonds. The molecule has 0 saturated carbocycles. The van der Waals surface area contributed by atoms with Crippen LogP contribution in [0.4, 0.5) is 5.69 Å². The number of rotatable bonds is 5. The van der Waals surface area contributed by atoms with Crippen LogP contribution in [0.2, 0.25) is 0 Å². The largest absolute Gasteiger partial charge is 0.379 e. The third-order valence-electron chi connectivity index (χ3n) is 6.15. The van der Waals surface area contributed by atoms with Gasteiger partial charge in [-0.05, 0) is 55.4 Å². The number of fused-ring (bicyclic) bond motifs is 1. The summed E-state index contributed by atoms with van der Waals surface area (Å²) >= 11 is 0. The maximum absolute atomic E-state index is 12.9. The van der Waals surface area contributed by atoms with Crippen LogP contribution in [0.1, 0.15) is 63.0 Å². The van der Waals surface area contributed by atoms with E-state index in [1.165, 1.54) is 5.56 Å². The van der Waals surface area contributed by atoms with Crippen molar-refractivity contribution in [2.45, 2.75) is 70.2 Å². The van der Waals surface area contributed by atoms with E-state index in [9.17, 15) is 8.42 Å². The van der Waals surface area contributed by atoms with E-state index in [0.29, 0.717) is 24.5 Å². The van der Waals surface area contributed by atoms with Crippen LogP contribution in [0, 0.1) is 5.41 Å². The Kier molecular flexibility index (Phi) is 5.71. The molecular formula is C22H31N3O3S. The van der Waals surface area contributed by atoms with Gasteiger partial charge in [0.2, 0.25) is 10.0 Å². The number of hydrogen-bond acceptors (Lipinski definition) is 5. The molecule has 1 aromatic heterocycles. The lowest BCUT2D eigenvalue weighted by Gasteiger charge is -2.28. The summed E-state index contributed by atoms with van der Waals surface area (Å²) in [5.41, 5.74) is 3.34. The summed E-state index contributed by atoms with van der Waals surface area (Å²) in [7, 11) is -3.41. The first-order valence-corrected chi connectivity index (χ1v) is 12.1. The number of nitrogens with zero attached hydrogens (tertiary/aromatic N) is 2. The molecule has 6 nitrogen and oxygen atoms in total. The molecule has 4 rings (SSSR count). The first kappa shape index (κ1) is 20.4. The van der Waals surface area contributed by atoms with Crippen LogP contribution < -0.4 is 5.32 Å². The zero-order chi connectivity index (χ0) is 20.5. The average Bonchev–Trinajstić information content (AvgIpc) is 2.90. The number of anilines is 1. The van der Waals surface area contributed by atoms with Crippen molar-refractivity contribution >= 4 is 15.7 Å². The van der Waals surface area contributed by atoms with Crippen LogP contribution in [0.25, 0.3) is 0 Å². The Bertz CT molecular complexity index is 940. The fourth-order valence-corrected chi connectivity index (χ4v) is 5.82. The van der Waals surface area contributed by atoms with E-state index >= 15 is 0 Å². The Balaban J connectivity index is 1.42. The van der Waals surface area contributed by atoms with Gasteiger partial charge in [-0.15, -0.1) is 0 Å². The Morgan fingerprint density at radius 1 is 1.10 bits per heavy atom. The highest BCUT2D eigenvalue weighted by Crippen LogP contribution is 2.36. The van der Waals surface area contributed by atoms with Gasteiger partial charge in [-0.3, -0.25) is 0 Å². The van der Waals surface area contributed by atoms with Gasteiger partial charge in [0.05, 0.1) is 11.4 Å². The Hall–Kier alpha value is -1.86. The molecule has 1 aromatic carbocycles. The monoisotopic (exact) mass is 417 g/mol. The fourth-order valence-electron chi connectivity index (χ4n) is 4.30. The van der Waals surface area contributed by atoms with Gasteiger partial charge in [0.1, 0.15) is 11.5 Å². The summed E-state index contributed by atoms with van der Waals surface area (Å²) in [5.74, 6) is 1.01. The minimum atomic E-state index is -3.41. The Morgan fingerprint density at radius 3 is 2.48 bits per heavy atom. The minimum Gasteiger partial charge on any atom is -0.379 e. The second-order valence-corrected chi connectivity index (χ2v) is 11.0. The zero-order valence-electron chi connectivity index (χ0n) is 17.4. The number of benzene rings is 1. The van der Waals surface area contributed by atoms with Gasteiger partial charge in [-0.25, -0.2) is 8.42 Å². The maximum Gasteiger partial charge on any atom is 0.243 e. The number of aryl methyl sites for hydroxylation is 1. The van der Waals surface area contributed by atoms with Crippen LogP contribution in [-0.2, 0) is 29.4 Å². The van der Waals surface area contributed by atoms with Crippen molar-refractivity contribution in [3.63, 3.8) is 0 Å². The van der Waals surface area contributed by atoms with E-state index in [1.54, 1.807) is 16.4 Å². The van der Waals surface area contributed by atoms with Crippen LogP contribution in [0.3, 0.4) is 0 Å². The van der Waals surface area contributed by atoms with Gasteiger partial charge in [0.25, 0.3) is 0 Å². The van der Waals surface area contributed by atoms with Crippen molar-refractivity contribution in [1.29, 1.82) is 0 Å². The molecule has 1 saturated heterocycles. The van der Waals surface area contributed by atoms with E-state index in [-0.39, 0.29) is 5.41 Å². The molecule has 1 fully saturated rings. The summed E-state index contributed by atoms with van der Waals surface area (Å²) in [6.45, 7) is 6.38. The lowest BCUT2D eigenvalue weighted by Crippen LogP contribution is -2.31. The van der Waals surface area contributed by atoms with Crippen molar-refractivity contribution in [1.82, 2.24) is 9.46 Å². The average molecular weight is 418 g/mol. The van der Waals surface area contributed by atoms with Crippen LogP contribution >= 0.6 is 0 Å². The summed E-state index contributed by atoms with van der Waals surface area (Å²) < 4.78 is 33.0. The molecule has 0 spiro atoms. The predicted octanol–water partition coefficient (Wildman–Crippen LogP) is 4.37. The molecule has 2 aromatic rings. The molecule has 158 valence electrons. The quantitative estimate of drug-likeness (QED) is 0.782. The highest BCUT2D eigenvalue weighted by Gasteiger charge is 2.30. The molecule has 0 atom stereocenters. The second kappa shape index (κ2) is 8.11. The van der Waals surface area contributed by atoms with Gasteiger partial charge >= 0.3 is 0 Å². The van der Waals surface area contributed by atoms with E-state index in [2.05, 4.69) is 24.3 Å². The highest BCUT2D eigenvalue weighted by molar-refractivity contribution is 7.89. The Morgan fingerprint density at radius 2 is 1.79 bits per heavy atom. The summed E-state index contributed by atoms with van der Waals surface area (Å²) in [6.07, 6.45) is 7.15. The molecule has 2 aliphatic rings. The number of aromatic nitrogens is 1. The molecule has 29 heavy (non-hydrogen) atoms. The first-order chi connectivity index (χ1) is 13.9. The minimum absolute atomic E-state index is 0.274. The first-order valence-electron chi connectivity index (χ1n) is 10.7. The van der Waals surface area contributed by atoms with Crippen LogP contribution in [-0.4, -0.2) is 31.0 Å². The van der Waals surface area contributed by atoms with E-state index in [4.69, 9.17) is 4.52 Å². The van der Waals surface area contributed by atoms with Crippen molar-refractivity contribution < 1.29 is 12.9 Å². The highest BCUT2D eigenvalue weighted by atomic mass is 32.2. The van der Waals surface area contributed by atoms with Gasteiger partial charge < -0.3 is 9.84 Å². The molecule has 0 bridgehead atoms. The Labute approximate surface area is 173 Å². The molecule has 1 aliphatic heterocycles. The zero-order valence-corrected chi connectivity index (χ0v) is 18.2.